The van der Waals surface area contributed by atoms with Gasteiger partial charge in [-0.2, -0.15) is 0 Å². The molecule has 164 valence electrons. The van der Waals surface area contributed by atoms with Crippen LogP contribution in [-0.2, 0) is 6.42 Å². The largest absolute Gasteiger partial charge is 1.00 e. The van der Waals surface area contributed by atoms with E-state index in [1.165, 1.54) is 17.6 Å². The van der Waals surface area contributed by atoms with Gasteiger partial charge in [0.1, 0.15) is 12.9 Å². The first-order chi connectivity index (χ1) is 14.7. The molecule has 2 aromatic carbocycles. The highest BCUT2D eigenvalue weighted by atomic mass is 35.5. The van der Waals surface area contributed by atoms with Gasteiger partial charge in [-0.3, -0.25) is 4.79 Å². The summed E-state index contributed by atoms with van der Waals surface area (Å²) in [6.07, 6.45) is 1.69. The van der Waals surface area contributed by atoms with Crippen molar-refractivity contribution >= 4 is 6.29 Å². The van der Waals surface area contributed by atoms with Crippen molar-refractivity contribution in [1.82, 2.24) is 0 Å². The molecule has 8 heteroatoms. The van der Waals surface area contributed by atoms with Gasteiger partial charge in [0.25, 0.3) is 0 Å². The van der Waals surface area contributed by atoms with Gasteiger partial charge in [-0.05, 0) is 35.7 Å². The van der Waals surface area contributed by atoms with Gasteiger partial charge in [-0.25, -0.2) is 0 Å². The standard InChI is InChI=1S/C23H23NO6.ClH/c1-24-9-8-16-12-20-22(30-14-29-20)23(27-3)21(16)17(24)5-4-10-28-18-7-6-15(13-25)11-19(18)26-2;/h6-7,11-13,17H,8-10,14H2,1-3H3;1H. The molecule has 0 saturated carbocycles. The van der Waals surface area contributed by atoms with Crippen molar-refractivity contribution in [2.45, 2.75) is 12.5 Å². The molecular formula is C23H24ClNO6. The number of fused-ring (bicyclic) bond motifs is 2. The van der Waals surface area contributed by atoms with E-state index in [-0.39, 0.29) is 31.8 Å². The first-order valence-corrected chi connectivity index (χ1v) is 9.72. The number of carbonyl (C=O) groups excluding carboxylic acids is 1. The Morgan fingerprint density at radius 3 is 2.77 bits per heavy atom. The van der Waals surface area contributed by atoms with Crippen LogP contribution in [0.25, 0.3) is 0 Å². The second-order valence-corrected chi connectivity index (χ2v) is 7.13. The zero-order valence-electron chi connectivity index (χ0n) is 17.6. The number of ether oxygens (including phenoxy) is 5. The number of benzene rings is 2. The van der Waals surface area contributed by atoms with Crippen LogP contribution in [-0.4, -0.2) is 47.5 Å². The quantitative estimate of drug-likeness (QED) is 0.444. The molecule has 0 aromatic heterocycles. The van der Waals surface area contributed by atoms with E-state index in [2.05, 4.69) is 18.9 Å². The maximum Gasteiger partial charge on any atom is 0.231 e. The minimum atomic E-state index is -0.0684. The highest BCUT2D eigenvalue weighted by Gasteiger charge is 2.35. The zero-order chi connectivity index (χ0) is 21.1. The van der Waals surface area contributed by atoms with Gasteiger partial charge >= 0.3 is 0 Å². The Balaban J connectivity index is 0.00000272. The van der Waals surface area contributed by atoms with E-state index in [0.29, 0.717) is 28.6 Å². The maximum absolute atomic E-state index is 10.9. The molecule has 7 nitrogen and oxygen atoms in total. The lowest BCUT2D eigenvalue weighted by Crippen LogP contribution is -3.10. The molecule has 0 aliphatic carbocycles. The van der Waals surface area contributed by atoms with Crippen LogP contribution < -0.4 is 41.0 Å². The Kier molecular flexibility index (Phi) is 7.16. The molecule has 1 N–H and O–H groups in total. The summed E-state index contributed by atoms with van der Waals surface area (Å²) >= 11 is 0. The predicted molar refractivity (Wildman–Crippen MR) is 109 cm³/mol. The summed E-state index contributed by atoms with van der Waals surface area (Å²) < 4.78 is 28.0. The zero-order valence-corrected chi connectivity index (χ0v) is 18.4. The van der Waals surface area contributed by atoms with Crippen molar-refractivity contribution in [2.75, 3.05) is 41.2 Å². The third kappa shape index (κ3) is 4.36. The van der Waals surface area contributed by atoms with Gasteiger partial charge in [-0.1, -0.05) is 5.92 Å². The smallest absolute Gasteiger partial charge is 0.231 e. The molecule has 0 spiro atoms. The highest BCUT2D eigenvalue weighted by Crippen LogP contribution is 2.47. The van der Waals surface area contributed by atoms with Gasteiger partial charge in [0.05, 0.1) is 33.4 Å². The van der Waals surface area contributed by atoms with Crippen LogP contribution in [0.4, 0.5) is 0 Å². The first-order valence-electron chi connectivity index (χ1n) is 9.72. The molecule has 2 aliphatic heterocycles. The number of methoxy groups -OCH3 is 2. The summed E-state index contributed by atoms with van der Waals surface area (Å²) in [6.45, 7) is 1.35. The molecule has 2 heterocycles. The fraction of sp³-hybridized carbons (Fsp3) is 0.348. The summed E-state index contributed by atoms with van der Waals surface area (Å²) in [6, 6.07) is 7.00. The van der Waals surface area contributed by atoms with Gasteiger partial charge in [0.15, 0.2) is 29.0 Å². The van der Waals surface area contributed by atoms with Crippen molar-refractivity contribution < 1.29 is 45.8 Å². The number of nitrogens with one attached hydrogen (secondary N) is 1. The minimum absolute atomic E-state index is 0. The van der Waals surface area contributed by atoms with E-state index in [1.807, 2.05) is 6.07 Å². The Hall–Kier alpha value is -3.08. The van der Waals surface area contributed by atoms with E-state index in [4.69, 9.17) is 23.7 Å². The van der Waals surface area contributed by atoms with E-state index < -0.39 is 0 Å². The van der Waals surface area contributed by atoms with Crippen molar-refractivity contribution in [3.05, 3.63) is 41.0 Å². The number of quaternary nitrogens is 1. The fourth-order valence-electron chi connectivity index (χ4n) is 3.86. The number of halogens is 1. The lowest BCUT2D eigenvalue weighted by atomic mass is 9.91. The van der Waals surface area contributed by atoms with Crippen LogP contribution in [0.1, 0.15) is 27.5 Å². The molecule has 2 unspecified atom stereocenters. The van der Waals surface area contributed by atoms with Crippen LogP contribution in [0.2, 0.25) is 0 Å². The lowest BCUT2D eigenvalue weighted by Gasteiger charge is -2.30. The van der Waals surface area contributed by atoms with Crippen molar-refractivity contribution in [1.29, 1.82) is 0 Å². The molecule has 31 heavy (non-hydrogen) atoms. The Bertz CT molecular complexity index is 1030. The molecule has 2 aliphatic rings. The number of aldehydes is 1. The lowest BCUT2D eigenvalue weighted by molar-refractivity contribution is -0.905. The van der Waals surface area contributed by atoms with Crippen molar-refractivity contribution in [3.8, 4) is 40.6 Å². The number of likely N-dealkylation sites (N-methyl/N-ethyl adjacent to an activating group) is 1. The molecule has 0 bridgehead atoms. The topological polar surface area (TPSA) is 67.7 Å². The van der Waals surface area contributed by atoms with Crippen molar-refractivity contribution in [3.63, 3.8) is 0 Å². The summed E-state index contributed by atoms with van der Waals surface area (Å²) in [5, 5.41) is 0. The third-order valence-electron chi connectivity index (χ3n) is 5.39. The summed E-state index contributed by atoms with van der Waals surface area (Å²) in [5.41, 5.74) is 2.75. The van der Waals surface area contributed by atoms with E-state index in [0.717, 1.165) is 30.6 Å². The summed E-state index contributed by atoms with van der Waals surface area (Å²) in [5.74, 6) is 9.59. The molecule has 0 radical (unpaired) electrons. The number of hydrogen-bond acceptors (Lipinski definition) is 6. The predicted octanol–water partition coefficient (Wildman–Crippen LogP) is -1.56. The van der Waals surface area contributed by atoms with Crippen LogP contribution in [0.15, 0.2) is 24.3 Å². The van der Waals surface area contributed by atoms with Crippen molar-refractivity contribution in [2.24, 2.45) is 0 Å². The molecule has 0 amide bonds. The summed E-state index contributed by atoms with van der Waals surface area (Å²) in [7, 11) is 5.30. The molecular weight excluding hydrogens is 422 g/mol. The average molecular weight is 446 g/mol. The Morgan fingerprint density at radius 2 is 2.03 bits per heavy atom. The Labute approximate surface area is 187 Å². The first kappa shape index (κ1) is 22.6. The van der Waals surface area contributed by atoms with Crippen LogP contribution in [0, 0.1) is 11.8 Å². The molecule has 2 atom stereocenters. The van der Waals surface area contributed by atoms with Gasteiger partial charge < -0.3 is 41.0 Å². The molecule has 0 fully saturated rings. The van der Waals surface area contributed by atoms with E-state index >= 15 is 0 Å². The van der Waals surface area contributed by atoms with E-state index in [9.17, 15) is 4.79 Å². The minimum Gasteiger partial charge on any atom is -1.00 e. The Morgan fingerprint density at radius 1 is 1.19 bits per heavy atom. The monoisotopic (exact) mass is 445 g/mol. The van der Waals surface area contributed by atoms with Gasteiger partial charge in [0, 0.05) is 12.0 Å². The fourth-order valence-corrected chi connectivity index (χ4v) is 3.86. The van der Waals surface area contributed by atoms with Crippen LogP contribution in [0.3, 0.4) is 0 Å². The van der Waals surface area contributed by atoms with Crippen LogP contribution in [0.5, 0.6) is 28.7 Å². The maximum atomic E-state index is 10.9. The van der Waals surface area contributed by atoms with Crippen LogP contribution >= 0.6 is 0 Å². The normalized spacial score (nSPS) is 18.0. The number of rotatable bonds is 5. The highest BCUT2D eigenvalue weighted by molar-refractivity contribution is 5.76. The molecule has 0 saturated heterocycles. The third-order valence-corrected chi connectivity index (χ3v) is 5.39. The van der Waals surface area contributed by atoms with Gasteiger partial charge in [-0.15, -0.1) is 0 Å². The second kappa shape index (κ2) is 9.82. The summed E-state index contributed by atoms with van der Waals surface area (Å²) in [4.78, 5) is 12.2. The average Bonchev–Trinajstić information content (AvgIpc) is 3.24. The molecule has 4 rings (SSSR count). The second-order valence-electron chi connectivity index (χ2n) is 7.13. The van der Waals surface area contributed by atoms with Gasteiger partial charge in [0.2, 0.25) is 12.5 Å². The number of carbonyl (C=O) groups is 1. The SMILES string of the molecule is COc1cc(C=O)ccc1OCC#CC1c2c(cc3c(c2OC)OCO3)CC[NH+]1C.[Cl-]. The van der Waals surface area contributed by atoms with E-state index in [1.54, 1.807) is 25.3 Å². The molecule has 2 aromatic rings. The number of hydrogen-bond donors (Lipinski definition) is 1.